The number of nitro benzene ring substituents is 2. The molecule has 0 radical (unpaired) electrons. The number of hydrogen-bond acceptors (Lipinski definition) is 16. The van der Waals surface area contributed by atoms with Crippen LogP contribution in [0.4, 0.5) is 53.0 Å². The van der Waals surface area contributed by atoms with Crippen LogP contribution in [0.1, 0.15) is 187 Å². The maximum absolute atomic E-state index is 13.0. The number of fused-ring (bicyclic) bond motifs is 2. The monoisotopic (exact) mass is 1690 g/mol. The van der Waals surface area contributed by atoms with Crippen LogP contribution in [0.5, 0.6) is 0 Å². The van der Waals surface area contributed by atoms with E-state index in [1.807, 2.05) is 140 Å². The molecule has 124 heavy (non-hydrogen) atoms. The number of rotatable bonds is 20. The number of amides is 5. The van der Waals surface area contributed by atoms with Gasteiger partial charge in [0.25, 0.3) is 5.69 Å². The fourth-order valence-electron chi connectivity index (χ4n) is 12.8. The molecule has 13 aromatic rings. The third-order valence-corrected chi connectivity index (χ3v) is 19.1. The average Bonchev–Trinajstić information content (AvgIpc) is 1.67. The number of imidazole rings is 2. The summed E-state index contributed by atoms with van der Waals surface area (Å²) in [5.74, 6) is -1.97. The number of anilines is 5. The molecule has 0 aliphatic rings. The van der Waals surface area contributed by atoms with Crippen LogP contribution in [-0.2, 0) is 24.0 Å². The summed E-state index contributed by atoms with van der Waals surface area (Å²) in [5, 5.41) is 42.0. The van der Waals surface area contributed by atoms with Crippen LogP contribution in [0.2, 0.25) is 0 Å². The molecule has 2 heterocycles. The normalized spacial score (nSPS) is 12.2. The van der Waals surface area contributed by atoms with Gasteiger partial charge in [-0.25, -0.2) is 18.7 Å². The molecule has 5 amide bonds. The number of carbonyl (C=O) groups excluding carboxylic acids is 5. The Kier molecular flexibility index (Phi) is 36.2. The van der Waals surface area contributed by atoms with Gasteiger partial charge in [-0.1, -0.05) is 103 Å². The van der Waals surface area contributed by atoms with Gasteiger partial charge in [0.1, 0.15) is 30.0 Å². The summed E-state index contributed by atoms with van der Waals surface area (Å²) in [7, 11) is 0. The zero-order chi connectivity index (χ0) is 91.2. The van der Waals surface area contributed by atoms with E-state index in [0.717, 1.165) is 96.0 Å². The summed E-state index contributed by atoms with van der Waals surface area (Å²) >= 11 is 0. The van der Waals surface area contributed by atoms with Crippen molar-refractivity contribution < 1.29 is 47.0 Å². The molecule has 28 heteroatoms. The maximum atomic E-state index is 13.0. The van der Waals surface area contributed by atoms with E-state index in [1.165, 1.54) is 87.7 Å². The van der Waals surface area contributed by atoms with Crippen molar-refractivity contribution in [2.24, 2.45) is 11.5 Å². The Hall–Kier alpha value is -14.4. The topological polar surface area (TPSA) is 370 Å². The molecular formula is C96H109F3N16O9. The van der Waals surface area contributed by atoms with Gasteiger partial charge in [0.15, 0.2) is 0 Å². The van der Waals surface area contributed by atoms with E-state index in [0.29, 0.717) is 22.5 Å². The minimum absolute atomic E-state index is 0.0133. The number of carbonyl (C=O) groups is 5. The van der Waals surface area contributed by atoms with E-state index < -0.39 is 27.4 Å². The summed E-state index contributed by atoms with van der Waals surface area (Å²) in [4.78, 5) is 84.5. The summed E-state index contributed by atoms with van der Waals surface area (Å²) in [6.45, 7) is 28.5. The lowest BCUT2D eigenvalue weighted by molar-refractivity contribution is -0.387. The highest BCUT2D eigenvalue weighted by molar-refractivity contribution is 5.81. The number of nitrogens with two attached hydrogens (primary N) is 3. The summed E-state index contributed by atoms with van der Waals surface area (Å²) in [6, 6.07) is 70.5. The predicted octanol–water partition coefficient (Wildman–Crippen LogP) is 20.0. The highest BCUT2D eigenvalue weighted by atomic mass is 19.1. The van der Waals surface area contributed by atoms with E-state index >= 15 is 0 Å². The van der Waals surface area contributed by atoms with Crippen LogP contribution in [0, 0.1) is 65.4 Å². The van der Waals surface area contributed by atoms with Crippen molar-refractivity contribution in [3.05, 3.63) is 348 Å². The molecule has 13 rings (SSSR count). The molecule has 0 aliphatic heterocycles. The van der Waals surface area contributed by atoms with E-state index in [4.69, 9.17) is 17.2 Å². The molecule has 13 N–H and O–H groups in total. The second kappa shape index (κ2) is 46.4. The number of nitro groups is 2. The van der Waals surface area contributed by atoms with Crippen LogP contribution >= 0.6 is 0 Å². The number of hydrogen-bond donors (Lipinski definition) is 10. The molecule has 0 fully saturated rings. The van der Waals surface area contributed by atoms with Crippen molar-refractivity contribution in [1.29, 1.82) is 0 Å². The number of halogens is 3. The predicted molar refractivity (Wildman–Crippen MR) is 487 cm³/mol. The van der Waals surface area contributed by atoms with E-state index in [1.54, 1.807) is 50.2 Å². The Morgan fingerprint density at radius 3 is 1.06 bits per heavy atom. The fraction of sp³-hybridized carbons (Fsp3) is 0.240. The first-order chi connectivity index (χ1) is 58.7. The molecule has 25 nitrogen and oxygen atoms in total. The Bertz CT molecular complexity index is 5820. The zero-order valence-electron chi connectivity index (χ0n) is 72.4. The standard InChI is InChI=1S/C18H19N3O.C17H19N3O3.C17H21N3O.C16H17N3.C10H11FN2O3.C10H12FNO.C8H10FN/c1-12-5-4-6-16(9-12)21-11-19-17-10-15(7-8-18(17)21)13(2)20-14(3)22;1-11-5-4-6-15(9-11)19-16-8-7-14(10-17(16)20(22)23)12(2)18-13(3)21;1-11-5-4-6-15(9-11)20-17-8-7-14(10-16(17)18)12(2)19-13(3)21;1-11-4-3-5-14(8-11)19-10-18-15-9-13(12(2)17)6-7-16(15)19;1-6(12-7(2)14)8-3-4-9(11)10(5-8)13(15)16;1-7(12-8(2)13)9-3-5-10(11)6-4-9;1-6(10)7-2-4-8(9)5-3-7/h4-11,13H,1-3H3,(H,20,22);4-10,12,19H,1-3H3,(H,18,21);4-10,12,20H,18H2,1-3H3,(H,19,21);3-10,12H,17H2,1-2H3;3-6H,1-2H3,(H,12,14);3-7H,1-2H3,(H,12,13);2-6H,10H2,1H3. The lowest BCUT2D eigenvalue weighted by atomic mass is 10.1. The van der Waals surface area contributed by atoms with Gasteiger partial charge in [0, 0.05) is 81.6 Å². The van der Waals surface area contributed by atoms with Gasteiger partial charge < -0.3 is 54.4 Å². The van der Waals surface area contributed by atoms with Crippen LogP contribution in [0.15, 0.2) is 249 Å². The maximum Gasteiger partial charge on any atom is 0.305 e. The lowest BCUT2D eigenvalue weighted by Crippen LogP contribution is -2.23. The van der Waals surface area contributed by atoms with Crippen molar-refractivity contribution in [3.63, 3.8) is 0 Å². The third kappa shape index (κ3) is 30.4. The molecule has 7 atom stereocenters. The van der Waals surface area contributed by atoms with Crippen molar-refractivity contribution in [2.45, 2.75) is 153 Å². The molecule has 648 valence electrons. The molecule has 2 aromatic heterocycles. The third-order valence-electron chi connectivity index (χ3n) is 19.1. The smallest absolute Gasteiger partial charge is 0.305 e. The van der Waals surface area contributed by atoms with Crippen molar-refractivity contribution in [1.82, 2.24) is 45.7 Å². The zero-order valence-corrected chi connectivity index (χ0v) is 72.4. The highest BCUT2D eigenvalue weighted by Gasteiger charge is 2.21. The van der Waals surface area contributed by atoms with Gasteiger partial charge in [-0.05, 0) is 259 Å². The first kappa shape index (κ1) is 96.7. The Morgan fingerprint density at radius 1 is 0.363 bits per heavy atom. The van der Waals surface area contributed by atoms with Crippen LogP contribution in [-0.4, -0.2) is 58.5 Å². The first-order valence-electron chi connectivity index (χ1n) is 40.0. The first-order valence-corrected chi connectivity index (χ1v) is 40.0. The fourth-order valence-corrected chi connectivity index (χ4v) is 12.8. The summed E-state index contributed by atoms with van der Waals surface area (Å²) < 4.78 is 42.0. The van der Waals surface area contributed by atoms with Gasteiger partial charge in [-0.3, -0.25) is 53.3 Å². The van der Waals surface area contributed by atoms with E-state index in [-0.39, 0.29) is 83.1 Å². The SMILES string of the molecule is CC(=O)NC(C)c1ccc(F)c([N+](=O)[O-])c1.CC(=O)NC(C)c1ccc(F)cc1.CC(=O)NC(C)c1ccc(Nc2cccc(C)c2)c(N)c1.CC(=O)NC(C)c1ccc(Nc2cccc(C)c2)c([N+](=O)[O-])c1.CC(=O)NC(C)c1ccc2c(c1)ncn2-c1cccc(C)c1.CC(N)c1ccc(F)cc1.Cc1cccc(-n2cnc3cc(C(C)N)ccc32)c1. The Morgan fingerprint density at radius 2 is 0.677 bits per heavy atom. The number of aryl methyl sites for hydroxylation is 4. The molecule has 0 spiro atoms. The number of aromatic nitrogens is 4. The minimum atomic E-state index is -0.885. The average molecular weight is 1690 g/mol. The van der Waals surface area contributed by atoms with Gasteiger partial charge in [0.05, 0.1) is 73.5 Å². The summed E-state index contributed by atoms with van der Waals surface area (Å²) in [5.41, 5.74) is 37.9. The Balaban J connectivity index is 0.000000201. The van der Waals surface area contributed by atoms with Crippen molar-refractivity contribution >= 4 is 91.4 Å². The van der Waals surface area contributed by atoms with Crippen molar-refractivity contribution in [2.75, 3.05) is 16.4 Å². The van der Waals surface area contributed by atoms with E-state index in [9.17, 15) is 57.4 Å². The quantitative estimate of drug-likeness (QED) is 0.0192. The largest absolute Gasteiger partial charge is 0.397 e. The lowest BCUT2D eigenvalue weighted by Gasteiger charge is -2.16. The number of nitrogens with zero attached hydrogens (tertiary/aromatic N) is 6. The summed E-state index contributed by atoms with van der Waals surface area (Å²) in [6.07, 6.45) is 3.71. The molecule has 7 unspecified atom stereocenters. The second-order valence-electron chi connectivity index (χ2n) is 30.0. The van der Waals surface area contributed by atoms with Crippen molar-refractivity contribution in [3.8, 4) is 11.4 Å². The Labute approximate surface area is 720 Å². The highest BCUT2D eigenvalue weighted by Crippen LogP contribution is 2.33. The van der Waals surface area contributed by atoms with Crippen LogP contribution in [0.25, 0.3) is 33.4 Å². The van der Waals surface area contributed by atoms with Gasteiger partial charge in [0.2, 0.25) is 35.4 Å². The molecule has 0 bridgehead atoms. The minimum Gasteiger partial charge on any atom is -0.397 e. The second-order valence-corrected chi connectivity index (χ2v) is 30.0. The van der Waals surface area contributed by atoms with E-state index in [2.05, 4.69) is 143 Å². The molecule has 0 saturated carbocycles. The number of benzene rings is 11. The number of nitrogens with one attached hydrogen (secondary N) is 7. The number of nitrogen functional groups attached to an aromatic ring is 1. The molecule has 11 aromatic carbocycles. The molecule has 0 saturated heterocycles. The van der Waals surface area contributed by atoms with Crippen LogP contribution in [0.3, 0.4) is 0 Å². The molecular weight excluding hydrogens is 1580 g/mol. The van der Waals surface area contributed by atoms with Gasteiger partial charge in [-0.2, -0.15) is 4.39 Å². The molecule has 0 aliphatic carbocycles. The van der Waals surface area contributed by atoms with Gasteiger partial charge in [-0.15, -0.1) is 0 Å². The van der Waals surface area contributed by atoms with Crippen LogP contribution < -0.4 is 54.4 Å². The van der Waals surface area contributed by atoms with Gasteiger partial charge >= 0.3 is 5.69 Å².